The van der Waals surface area contributed by atoms with Crippen LogP contribution < -0.4 is 5.56 Å². The molecule has 0 saturated carbocycles. The lowest BCUT2D eigenvalue weighted by Crippen LogP contribution is -2.03. The average Bonchev–Trinajstić information content (AvgIpc) is 2.61. The maximum absolute atomic E-state index is 11.1. The van der Waals surface area contributed by atoms with Crippen LogP contribution in [0.4, 0.5) is 5.69 Å². The smallest absolute Gasteiger partial charge is 0.272 e. The Bertz CT molecular complexity index is 541. The number of hydrogen-bond donors (Lipinski definition) is 2. The third kappa shape index (κ3) is 2.35. The molecular formula is C10H8ClN3O. The fourth-order valence-corrected chi connectivity index (χ4v) is 1.30. The first-order valence-corrected chi connectivity index (χ1v) is 4.69. The van der Waals surface area contributed by atoms with Crippen LogP contribution in [0.1, 0.15) is 5.56 Å². The van der Waals surface area contributed by atoms with Crippen LogP contribution in [0.15, 0.2) is 40.2 Å². The second kappa shape index (κ2) is 4.14. The summed E-state index contributed by atoms with van der Waals surface area (Å²) in [4.78, 5) is 15.2. The van der Waals surface area contributed by atoms with Gasteiger partial charge in [-0.3, -0.25) is 14.9 Å². The third-order valence-electron chi connectivity index (χ3n) is 1.84. The molecule has 1 heterocycles. The Hall–Kier alpha value is -1.81. The molecule has 4 nitrogen and oxygen atoms in total. The lowest BCUT2D eigenvalue weighted by Gasteiger charge is -1.92. The van der Waals surface area contributed by atoms with E-state index in [0.29, 0.717) is 16.3 Å². The SMILES string of the molecule is O=c1[nH][nH]cc1C=Nc1cccc(Cl)c1. The number of nitrogens with zero attached hydrogens (tertiary/aromatic N) is 1. The zero-order valence-corrected chi connectivity index (χ0v) is 8.45. The molecule has 76 valence electrons. The highest BCUT2D eigenvalue weighted by Gasteiger charge is 1.95. The number of rotatable bonds is 2. The van der Waals surface area contributed by atoms with Gasteiger partial charge in [0.2, 0.25) is 0 Å². The van der Waals surface area contributed by atoms with Crippen LogP contribution in [0, 0.1) is 0 Å². The Balaban J connectivity index is 2.26. The van der Waals surface area contributed by atoms with Crippen molar-refractivity contribution in [2.24, 2.45) is 4.99 Å². The molecule has 0 atom stereocenters. The van der Waals surface area contributed by atoms with Gasteiger partial charge in [0.05, 0.1) is 11.3 Å². The summed E-state index contributed by atoms with van der Waals surface area (Å²) in [6.07, 6.45) is 3.04. The molecule has 0 fully saturated rings. The fraction of sp³-hybridized carbons (Fsp3) is 0. The van der Waals surface area contributed by atoms with E-state index in [0.717, 1.165) is 0 Å². The highest BCUT2D eigenvalue weighted by Crippen LogP contribution is 2.17. The summed E-state index contributed by atoms with van der Waals surface area (Å²) >= 11 is 5.79. The monoisotopic (exact) mass is 221 g/mol. The minimum absolute atomic E-state index is 0.194. The van der Waals surface area contributed by atoms with Crippen molar-refractivity contribution in [3.05, 3.63) is 51.4 Å². The van der Waals surface area contributed by atoms with Gasteiger partial charge in [-0.05, 0) is 18.2 Å². The van der Waals surface area contributed by atoms with E-state index in [2.05, 4.69) is 15.2 Å². The van der Waals surface area contributed by atoms with Gasteiger partial charge in [-0.25, -0.2) is 0 Å². The van der Waals surface area contributed by atoms with Crippen LogP contribution in [-0.4, -0.2) is 16.4 Å². The van der Waals surface area contributed by atoms with Gasteiger partial charge in [-0.15, -0.1) is 0 Å². The largest absolute Gasteiger partial charge is 0.305 e. The number of hydrogen-bond acceptors (Lipinski definition) is 2. The molecule has 0 aliphatic rings. The van der Waals surface area contributed by atoms with Gasteiger partial charge in [0.15, 0.2) is 0 Å². The quantitative estimate of drug-likeness (QED) is 0.750. The van der Waals surface area contributed by atoms with Gasteiger partial charge in [0.25, 0.3) is 5.56 Å². The summed E-state index contributed by atoms with van der Waals surface area (Å²) in [5, 5.41) is 5.63. The summed E-state index contributed by atoms with van der Waals surface area (Å²) in [7, 11) is 0. The van der Waals surface area contributed by atoms with E-state index in [4.69, 9.17) is 11.6 Å². The summed E-state index contributed by atoms with van der Waals surface area (Å²) < 4.78 is 0. The molecule has 0 radical (unpaired) electrons. The number of aliphatic imine (C=N–C) groups is 1. The van der Waals surface area contributed by atoms with Crippen LogP contribution in [0.25, 0.3) is 0 Å². The highest BCUT2D eigenvalue weighted by molar-refractivity contribution is 6.30. The number of aromatic amines is 2. The Kier molecular flexibility index (Phi) is 2.69. The Morgan fingerprint density at radius 2 is 2.27 bits per heavy atom. The van der Waals surface area contributed by atoms with E-state index in [1.807, 2.05) is 6.07 Å². The number of nitrogens with one attached hydrogen (secondary N) is 2. The fourth-order valence-electron chi connectivity index (χ4n) is 1.11. The Labute approximate surface area is 90.6 Å². The number of halogens is 1. The van der Waals surface area contributed by atoms with Gasteiger partial charge in [-0.2, -0.15) is 0 Å². The van der Waals surface area contributed by atoms with Gasteiger partial charge in [0.1, 0.15) is 0 Å². The standard InChI is InChI=1S/C10H8ClN3O/c11-8-2-1-3-9(4-8)12-5-7-6-13-14-10(7)15/h1-6H,(H2,13,14,15). The lowest BCUT2D eigenvalue weighted by atomic mass is 10.3. The molecule has 5 heteroatoms. The van der Waals surface area contributed by atoms with E-state index < -0.39 is 0 Å². The van der Waals surface area contributed by atoms with Gasteiger partial charge >= 0.3 is 0 Å². The van der Waals surface area contributed by atoms with Gasteiger partial charge in [0, 0.05) is 17.4 Å². The maximum Gasteiger partial charge on any atom is 0.272 e. The molecule has 1 aromatic carbocycles. The first-order valence-electron chi connectivity index (χ1n) is 4.31. The van der Waals surface area contributed by atoms with Crippen LogP contribution in [-0.2, 0) is 0 Å². The second-order valence-corrected chi connectivity index (χ2v) is 3.37. The lowest BCUT2D eigenvalue weighted by molar-refractivity contribution is 1.06. The molecule has 0 amide bonds. The van der Waals surface area contributed by atoms with E-state index in [1.54, 1.807) is 24.4 Å². The van der Waals surface area contributed by atoms with Crippen molar-refractivity contribution in [1.82, 2.24) is 10.2 Å². The first-order chi connectivity index (χ1) is 7.25. The molecule has 0 spiro atoms. The molecule has 0 saturated heterocycles. The topological polar surface area (TPSA) is 61.0 Å². The molecule has 15 heavy (non-hydrogen) atoms. The number of benzene rings is 1. The van der Waals surface area contributed by atoms with Crippen molar-refractivity contribution in [1.29, 1.82) is 0 Å². The van der Waals surface area contributed by atoms with Crippen LogP contribution in [0.3, 0.4) is 0 Å². The molecule has 1 aromatic heterocycles. The predicted octanol–water partition coefficient (Wildman–Crippen LogP) is 2.11. The van der Waals surface area contributed by atoms with Gasteiger partial charge < -0.3 is 5.10 Å². The first kappa shape index (κ1) is 9.73. The molecule has 0 aliphatic heterocycles. The molecule has 2 rings (SSSR count). The molecule has 0 unspecified atom stereocenters. The van der Waals surface area contributed by atoms with E-state index in [1.165, 1.54) is 6.21 Å². The minimum Gasteiger partial charge on any atom is -0.305 e. The summed E-state index contributed by atoms with van der Waals surface area (Å²) in [6, 6.07) is 7.10. The minimum atomic E-state index is -0.194. The molecule has 0 aliphatic carbocycles. The summed E-state index contributed by atoms with van der Waals surface area (Å²) in [5.74, 6) is 0. The van der Waals surface area contributed by atoms with Crippen molar-refractivity contribution in [2.75, 3.05) is 0 Å². The zero-order valence-electron chi connectivity index (χ0n) is 7.70. The average molecular weight is 222 g/mol. The van der Waals surface area contributed by atoms with Crippen LogP contribution in [0.2, 0.25) is 5.02 Å². The zero-order chi connectivity index (χ0) is 10.7. The second-order valence-electron chi connectivity index (χ2n) is 2.94. The van der Waals surface area contributed by atoms with E-state index in [-0.39, 0.29) is 5.56 Å². The third-order valence-corrected chi connectivity index (χ3v) is 2.07. The van der Waals surface area contributed by atoms with E-state index >= 15 is 0 Å². The molecule has 2 aromatic rings. The Morgan fingerprint density at radius 3 is 2.93 bits per heavy atom. The van der Waals surface area contributed by atoms with Crippen LogP contribution in [0.5, 0.6) is 0 Å². The number of aromatic nitrogens is 2. The summed E-state index contributed by atoms with van der Waals surface area (Å²) in [6.45, 7) is 0. The number of H-pyrrole nitrogens is 2. The van der Waals surface area contributed by atoms with Crippen molar-refractivity contribution in [3.63, 3.8) is 0 Å². The molecular weight excluding hydrogens is 214 g/mol. The maximum atomic E-state index is 11.1. The molecule has 2 N–H and O–H groups in total. The van der Waals surface area contributed by atoms with Crippen molar-refractivity contribution < 1.29 is 0 Å². The van der Waals surface area contributed by atoms with E-state index in [9.17, 15) is 4.79 Å². The predicted molar refractivity (Wildman–Crippen MR) is 60.1 cm³/mol. The highest BCUT2D eigenvalue weighted by atomic mass is 35.5. The normalized spacial score (nSPS) is 11.0. The Morgan fingerprint density at radius 1 is 1.40 bits per heavy atom. The van der Waals surface area contributed by atoms with Crippen LogP contribution >= 0.6 is 11.6 Å². The van der Waals surface area contributed by atoms with Gasteiger partial charge in [-0.1, -0.05) is 17.7 Å². The van der Waals surface area contributed by atoms with Crippen molar-refractivity contribution in [3.8, 4) is 0 Å². The van der Waals surface area contributed by atoms with Crippen molar-refractivity contribution in [2.45, 2.75) is 0 Å². The molecule has 0 bridgehead atoms. The summed E-state index contributed by atoms with van der Waals surface area (Å²) in [5.41, 5.74) is 0.999. The van der Waals surface area contributed by atoms with Crippen molar-refractivity contribution >= 4 is 23.5 Å².